The Hall–Kier alpha value is -3.36. The van der Waals surface area contributed by atoms with Crippen LogP contribution in [0.1, 0.15) is 49.8 Å². The Morgan fingerprint density at radius 2 is 1.41 bits per heavy atom. The van der Waals surface area contributed by atoms with Gasteiger partial charge in [0, 0.05) is 28.1 Å². The standard InChI is InChI=1S/C33H27INO5P/c34-29-15-14-22-10-6-7-13-26(22)30(29)32(41(38,39)40)31(36)27-18-23-11-4-5-12-24(23)19-28(27)33(37)35-17-16-25(20-35)21-8-2-1-3-9-21/h1-15,18-19,25,32H,16-17,20H2,(H2,38,39,40). The van der Waals surface area contributed by atoms with E-state index in [1.807, 2.05) is 83.3 Å². The lowest BCUT2D eigenvalue weighted by Crippen LogP contribution is -2.30. The third kappa shape index (κ3) is 5.35. The van der Waals surface area contributed by atoms with Crippen LogP contribution in [-0.4, -0.2) is 39.5 Å². The molecule has 0 bridgehead atoms. The monoisotopic (exact) mass is 675 g/mol. The van der Waals surface area contributed by atoms with Gasteiger partial charge in [0.05, 0.1) is 5.56 Å². The molecule has 2 atom stereocenters. The zero-order chi connectivity index (χ0) is 28.7. The van der Waals surface area contributed by atoms with Crippen molar-refractivity contribution in [3.8, 4) is 0 Å². The third-order valence-electron chi connectivity index (χ3n) is 7.90. The molecule has 0 spiro atoms. The Balaban J connectivity index is 1.48. The van der Waals surface area contributed by atoms with Gasteiger partial charge < -0.3 is 14.7 Å². The van der Waals surface area contributed by atoms with Crippen LogP contribution in [-0.2, 0) is 4.57 Å². The Morgan fingerprint density at radius 3 is 2.10 bits per heavy atom. The van der Waals surface area contributed by atoms with E-state index in [0.29, 0.717) is 27.4 Å². The molecule has 1 heterocycles. The van der Waals surface area contributed by atoms with Crippen molar-refractivity contribution >= 4 is 63.4 Å². The molecule has 6 rings (SSSR count). The summed E-state index contributed by atoms with van der Waals surface area (Å²) in [6.45, 7) is 1.04. The molecule has 0 aliphatic carbocycles. The number of carbonyl (C=O) groups excluding carboxylic acids is 2. The number of likely N-dealkylation sites (tertiary alicyclic amines) is 1. The van der Waals surface area contributed by atoms with E-state index in [1.165, 1.54) is 0 Å². The highest BCUT2D eigenvalue weighted by Crippen LogP contribution is 2.56. The molecule has 5 aromatic rings. The van der Waals surface area contributed by atoms with Crippen molar-refractivity contribution < 1.29 is 23.9 Å². The molecule has 6 nitrogen and oxygen atoms in total. The molecule has 41 heavy (non-hydrogen) atoms. The highest BCUT2D eigenvalue weighted by Gasteiger charge is 2.42. The Labute approximate surface area is 251 Å². The van der Waals surface area contributed by atoms with Crippen molar-refractivity contribution in [2.45, 2.75) is 18.0 Å². The molecule has 2 unspecified atom stereocenters. The first-order valence-electron chi connectivity index (χ1n) is 13.4. The molecule has 1 fully saturated rings. The zero-order valence-corrected chi connectivity index (χ0v) is 25.0. The number of nitrogens with zero attached hydrogens (tertiary/aromatic N) is 1. The third-order valence-corrected chi connectivity index (χ3v) is 10.0. The maximum atomic E-state index is 14.4. The van der Waals surface area contributed by atoms with E-state index in [1.54, 1.807) is 35.2 Å². The lowest BCUT2D eigenvalue weighted by Gasteiger charge is -2.24. The molecule has 2 N–H and O–H groups in total. The number of halogens is 1. The molecular weight excluding hydrogens is 648 g/mol. The average molecular weight is 675 g/mol. The minimum Gasteiger partial charge on any atom is -0.338 e. The fourth-order valence-electron chi connectivity index (χ4n) is 5.88. The van der Waals surface area contributed by atoms with Crippen LogP contribution >= 0.6 is 30.2 Å². The summed E-state index contributed by atoms with van der Waals surface area (Å²) in [6, 6.07) is 31.6. The summed E-state index contributed by atoms with van der Waals surface area (Å²) in [7, 11) is -5.02. The first-order chi connectivity index (χ1) is 19.7. The minimum absolute atomic E-state index is 0.0221. The first kappa shape index (κ1) is 27.8. The highest BCUT2D eigenvalue weighted by molar-refractivity contribution is 14.1. The number of hydrogen-bond acceptors (Lipinski definition) is 3. The van der Waals surface area contributed by atoms with Gasteiger partial charge in [-0.25, -0.2) is 0 Å². The van der Waals surface area contributed by atoms with Gasteiger partial charge in [0.2, 0.25) is 0 Å². The molecule has 206 valence electrons. The number of fused-ring (bicyclic) bond motifs is 2. The smallest absolute Gasteiger partial charge is 0.338 e. The normalized spacial score (nSPS) is 16.3. The van der Waals surface area contributed by atoms with Crippen LogP contribution in [0.15, 0.2) is 103 Å². The fourth-order valence-corrected chi connectivity index (χ4v) is 7.97. The summed E-state index contributed by atoms with van der Waals surface area (Å²) in [4.78, 5) is 51.5. The molecule has 0 saturated carbocycles. The largest absolute Gasteiger partial charge is 0.340 e. The molecule has 0 aromatic heterocycles. The number of benzene rings is 5. The first-order valence-corrected chi connectivity index (χ1v) is 16.1. The van der Waals surface area contributed by atoms with E-state index in [4.69, 9.17) is 0 Å². The van der Waals surface area contributed by atoms with Gasteiger partial charge in [0.15, 0.2) is 11.4 Å². The molecule has 1 aliphatic heterocycles. The van der Waals surface area contributed by atoms with E-state index in [0.717, 1.165) is 22.8 Å². The van der Waals surface area contributed by atoms with Crippen molar-refractivity contribution in [2.75, 3.05) is 13.1 Å². The second-order valence-corrected chi connectivity index (χ2v) is 13.3. The van der Waals surface area contributed by atoms with Gasteiger partial charge >= 0.3 is 7.60 Å². The van der Waals surface area contributed by atoms with E-state index < -0.39 is 19.0 Å². The summed E-state index contributed by atoms with van der Waals surface area (Å²) in [5.41, 5.74) is -0.141. The van der Waals surface area contributed by atoms with Gasteiger partial charge in [-0.1, -0.05) is 84.9 Å². The Kier molecular flexibility index (Phi) is 7.55. The predicted molar refractivity (Wildman–Crippen MR) is 169 cm³/mol. The molecule has 1 saturated heterocycles. The maximum absolute atomic E-state index is 14.4. The van der Waals surface area contributed by atoms with Gasteiger partial charge in [-0.15, -0.1) is 0 Å². The van der Waals surface area contributed by atoms with Crippen molar-refractivity contribution in [1.29, 1.82) is 0 Å². The predicted octanol–water partition coefficient (Wildman–Crippen LogP) is 7.33. The number of ketones is 1. The van der Waals surface area contributed by atoms with Crippen molar-refractivity contribution in [3.63, 3.8) is 0 Å². The molecule has 0 radical (unpaired) electrons. The summed E-state index contributed by atoms with van der Waals surface area (Å²) in [6.07, 6.45) is 0.798. The van der Waals surface area contributed by atoms with E-state index in [-0.39, 0.29) is 28.5 Å². The lowest BCUT2D eigenvalue weighted by atomic mass is 9.92. The number of rotatable bonds is 6. The van der Waals surface area contributed by atoms with Crippen LogP contribution < -0.4 is 0 Å². The number of carbonyl (C=O) groups is 2. The number of amides is 1. The van der Waals surface area contributed by atoms with Gasteiger partial charge in [-0.2, -0.15) is 0 Å². The molecule has 1 amide bonds. The molecule has 5 aromatic carbocycles. The molecule has 8 heteroatoms. The molecular formula is C33H27INO5P. The number of hydrogen-bond donors (Lipinski definition) is 2. The highest BCUT2D eigenvalue weighted by atomic mass is 127. The van der Waals surface area contributed by atoms with Gasteiger partial charge in [-0.3, -0.25) is 14.2 Å². The summed E-state index contributed by atoms with van der Waals surface area (Å²) < 4.78 is 13.7. The minimum atomic E-state index is -5.02. The van der Waals surface area contributed by atoms with Gasteiger partial charge in [-0.05, 0) is 79.9 Å². The van der Waals surface area contributed by atoms with E-state index in [2.05, 4.69) is 12.1 Å². The van der Waals surface area contributed by atoms with E-state index >= 15 is 0 Å². The maximum Gasteiger partial charge on any atom is 0.340 e. The summed E-state index contributed by atoms with van der Waals surface area (Å²) >= 11 is 2.02. The summed E-state index contributed by atoms with van der Waals surface area (Å²) in [5.74, 6) is -0.894. The lowest BCUT2D eigenvalue weighted by molar-refractivity contribution is 0.0784. The van der Waals surface area contributed by atoms with E-state index in [9.17, 15) is 23.9 Å². The summed E-state index contributed by atoms with van der Waals surface area (Å²) in [5, 5.41) is 2.86. The van der Waals surface area contributed by atoms with Crippen molar-refractivity contribution in [1.82, 2.24) is 4.90 Å². The van der Waals surface area contributed by atoms with Crippen LogP contribution in [0.25, 0.3) is 21.5 Å². The zero-order valence-electron chi connectivity index (χ0n) is 22.0. The second kappa shape index (κ2) is 11.1. The van der Waals surface area contributed by atoms with Crippen LogP contribution in [0.3, 0.4) is 0 Å². The average Bonchev–Trinajstić information content (AvgIpc) is 3.48. The SMILES string of the molecule is O=C(c1cc2ccccc2cc1C(=O)N1CCC(c2ccccc2)C1)C(c1c(I)ccc2ccccc12)P(=O)(O)O. The van der Waals surface area contributed by atoms with Crippen molar-refractivity contribution in [2.24, 2.45) is 0 Å². The Morgan fingerprint density at radius 1 is 0.805 bits per heavy atom. The van der Waals surface area contributed by atoms with Crippen LogP contribution in [0, 0.1) is 3.57 Å². The second-order valence-electron chi connectivity index (χ2n) is 10.4. The molecule has 1 aliphatic rings. The van der Waals surface area contributed by atoms with Gasteiger partial charge in [0.1, 0.15) is 0 Å². The fraction of sp³-hybridized carbons (Fsp3) is 0.152. The Bertz CT molecular complexity index is 1850. The quantitative estimate of drug-likeness (QED) is 0.112. The van der Waals surface area contributed by atoms with Crippen LogP contribution in [0.4, 0.5) is 0 Å². The number of Topliss-reactive ketones (excluding diaryl/α,β-unsaturated/α-hetero) is 1. The van der Waals surface area contributed by atoms with Crippen LogP contribution in [0.2, 0.25) is 0 Å². The van der Waals surface area contributed by atoms with Gasteiger partial charge in [0.25, 0.3) is 5.91 Å². The van der Waals surface area contributed by atoms with Crippen LogP contribution in [0.5, 0.6) is 0 Å². The van der Waals surface area contributed by atoms with Crippen molar-refractivity contribution in [3.05, 3.63) is 129 Å². The topological polar surface area (TPSA) is 94.9 Å².